The van der Waals surface area contributed by atoms with E-state index in [-0.39, 0.29) is 4.75 Å². The fourth-order valence-electron chi connectivity index (χ4n) is 0.787. The summed E-state index contributed by atoms with van der Waals surface area (Å²) in [6.07, 6.45) is 3.32. The van der Waals surface area contributed by atoms with Gasteiger partial charge in [-0.15, -0.1) is 0 Å². The van der Waals surface area contributed by atoms with Gasteiger partial charge in [0.25, 0.3) is 0 Å². The van der Waals surface area contributed by atoms with Gasteiger partial charge in [0, 0.05) is 10.00 Å². The summed E-state index contributed by atoms with van der Waals surface area (Å²) in [5, 5.41) is 0.734. The van der Waals surface area contributed by atoms with E-state index in [0.29, 0.717) is 0 Å². The second-order valence-electron chi connectivity index (χ2n) is 3.06. The molecule has 0 aromatic carbocycles. The number of rotatable bonds is 3. The van der Waals surface area contributed by atoms with E-state index in [9.17, 15) is 0 Å². The van der Waals surface area contributed by atoms with Gasteiger partial charge in [-0.1, -0.05) is 20.8 Å². The van der Waals surface area contributed by atoms with Crippen LogP contribution in [0, 0.1) is 0 Å². The molecule has 0 fully saturated rings. The van der Waals surface area contributed by atoms with Gasteiger partial charge in [0.2, 0.25) is 0 Å². The summed E-state index contributed by atoms with van der Waals surface area (Å²) < 4.78 is 0.197. The van der Waals surface area contributed by atoms with Crippen LogP contribution in [0.15, 0.2) is 0 Å². The average Bonchev–Trinajstić information content (AvgIpc) is 1.62. The molecule has 0 aromatic heterocycles. The van der Waals surface area contributed by atoms with Gasteiger partial charge >= 0.3 is 0 Å². The van der Waals surface area contributed by atoms with Crippen molar-refractivity contribution in [2.75, 3.05) is 6.26 Å². The molecule has 0 saturated carbocycles. The minimum atomic E-state index is 0.197. The Labute approximate surface area is 68.2 Å². The summed E-state index contributed by atoms with van der Waals surface area (Å²) in [4.78, 5) is 0. The molecule has 9 heavy (non-hydrogen) atoms. The van der Waals surface area contributed by atoms with Crippen molar-refractivity contribution in [3.05, 3.63) is 0 Å². The van der Waals surface area contributed by atoms with Crippen LogP contribution in [0.5, 0.6) is 0 Å². The van der Waals surface area contributed by atoms with Crippen LogP contribution in [-0.2, 0) is 0 Å². The van der Waals surface area contributed by atoms with Crippen LogP contribution in [0.2, 0.25) is 0 Å². The van der Waals surface area contributed by atoms with Crippen LogP contribution in [0.25, 0.3) is 0 Å². The van der Waals surface area contributed by atoms with Gasteiger partial charge in [0.05, 0.1) is 0 Å². The Morgan fingerprint density at radius 2 is 2.00 bits per heavy atom. The van der Waals surface area contributed by atoms with Crippen molar-refractivity contribution in [3.8, 4) is 0 Å². The van der Waals surface area contributed by atoms with E-state index in [0.717, 1.165) is 5.25 Å². The fourth-order valence-corrected chi connectivity index (χ4v) is 1.77. The smallest absolute Gasteiger partial charge is 0.00835 e. The summed E-state index contributed by atoms with van der Waals surface area (Å²) in [5.74, 6) is 0. The lowest BCUT2D eigenvalue weighted by molar-refractivity contribution is 0.642. The molecule has 56 valence electrons. The van der Waals surface area contributed by atoms with Crippen molar-refractivity contribution in [2.45, 2.75) is 37.2 Å². The van der Waals surface area contributed by atoms with Crippen molar-refractivity contribution in [1.82, 2.24) is 0 Å². The fraction of sp³-hybridized carbons (Fsp3) is 1.00. The van der Waals surface area contributed by atoms with Crippen LogP contribution in [0.3, 0.4) is 0 Å². The maximum Gasteiger partial charge on any atom is 0.00835 e. The predicted molar refractivity (Wildman–Crippen MR) is 50.7 cm³/mol. The lowest BCUT2D eigenvalue weighted by atomic mass is 10.1. The third-order valence-corrected chi connectivity index (χ3v) is 2.34. The van der Waals surface area contributed by atoms with Crippen molar-refractivity contribution in [2.24, 2.45) is 0 Å². The molecule has 0 aromatic rings. The molecule has 0 spiro atoms. The Bertz CT molecular complexity index is 73.5. The first kappa shape index (κ1) is 9.70. The first-order chi connectivity index (χ1) is 3.95. The molecular weight excluding hydrogens is 148 g/mol. The highest BCUT2D eigenvalue weighted by Gasteiger charge is 2.14. The highest BCUT2D eigenvalue weighted by atomic mass is 32.2. The first-order valence-electron chi connectivity index (χ1n) is 3.21. The Kier molecular flexibility index (Phi) is 4.06. The van der Waals surface area contributed by atoms with E-state index < -0.39 is 0 Å². The molecule has 0 nitrogen and oxygen atoms in total. The summed E-state index contributed by atoms with van der Waals surface area (Å²) in [5.41, 5.74) is 0. The highest BCUT2D eigenvalue weighted by molar-refractivity contribution is 7.99. The molecule has 1 unspecified atom stereocenters. The van der Waals surface area contributed by atoms with Crippen molar-refractivity contribution in [1.29, 1.82) is 0 Å². The zero-order valence-corrected chi connectivity index (χ0v) is 8.35. The van der Waals surface area contributed by atoms with Gasteiger partial charge in [-0.25, -0.2) is 0 Å². The van der Waals surface area contributed by atoms with E-state index in [1.807, 2.05) is 11.8 Å². The standard InChI is InChI=1S/C7H16S2/c1-6(9-4)5-7(2,3)8/h6,8H,5H2,1-4H3. The zero-order valence-electron chi connectivity index (χ0n) is 6.64. The molecule has 0 heterocycles. The van der Waals surface area contributed by atoms with E-state index in [1.54, 1.807) is 0 Å². The SMILES string of the molecule is CSC(C)CC(C)(C)S. The van der Waals surface area contributed by atoms with Crippen LogP contribution in [-0.4, -0.2) is 16.3 Å². The number of hydrogen-bond donors (Lipinski definition) is 1. The summed E-state index contributed by atoms with van der Waals surface area (Å²) in [7, 11) is 0. The van der Waals surface area contributed by atoms with Crippen molar-refractivity contribution < 1.29 is 0 Å². The molecule has 0 radical (unpaired) electrons. The molecule has 0 saturated heterocycles. The molecule has 0 amide bonds. The topological polar surface area (TPSA) is 0 Å². The summed E-state index contributed by atoms with van der Waals surface area (Å²) >= 11 is 6.34. The van der Waals surface area contributed by atoms with Crippen LogP contribution < -0.4 is 0 Å². The van der Waals surface area contributed by atoms with E-state index in [4.69, 9.17) is 0 Å². The average molecular weight is 164 g/mol. The van der Waals surface area contributed by atoms with E-state index in [2.05, 4.69) is 39.7 Å². The van der Waals surface area contributed by atoms with Crippen LogP contribution >= 0.6 is 24.4 Å². The Hall–Kier alpha value is 0.700. The second kappa shape index (κ2) is 3.77. The minimum absolute atomic E-state index is 0.197. The Morgan fingerprint density at radius 3 is 2.11 bits per heavy atom. The highest BCUT2D eigenvalue weighted by Crippen LogP contribution is 2.24. The number of hydrogen-bond acceptors (Lipinski definition) is 2. The van der Waals surface area contributed by atoms with Crippen LogP contribution in [0.4, 0.5) is 0 Å². The number of thiol groups is 1. The lowest BCUT2D eigenvalue weighted by Crippen LogP contribution is -2.16. The summed E-state index contributed by atoms with van der Waals surface area (Å²) in [6, 6.07) is 0. The molecule has 1 atom stereocenters. The van der Waals surface area contributed by atoms with Gasteiger partial charge in [0.15, 0.2) is 0 Å². The van der Waals surface area contributed by atoms with Crippen LogP contribution in [0.1, 0.15) is 27.2 Å². The zero-order chi connectivity index (χ0) is 7.49. The molecule has 2 heteroatoms. The van der Waals surface area contributed by atoms with Gasteiger partial charge < -0.3 is 0 Å². The summed E-state index contributed by atoms with van der Waals surface area (Å²) in [6.45, 7) is 6.55. The maximum absolute atomic E-state index is 4.43. The second-order valence-corrected chi connectivity index (χ2v) is 5.55. The minimum Gasteiger partial charge on any atom is -0.173 e. The Balaban J connectivity index is 3.47. The third-order valence-electron chi connectivity index (χ3n) is 1.19. The normalized spacial score (nSPS) is 15.7. The molecule has 0 bridgehead atoms. The van der Waals surface area contributed by atoms with E-state index in [1.165, 1.54) is 6.42 Å². The molecular formula is C7H16S2. The number of thioether (sulfide) groups is 1. The molecule has 0 N–H and O–H groups in total. The maximum atomic E-state index is 4.43. The molecule has 0 aliphatic heterocycles. The third kappa shape index (κ3) is 6.59. The van der Waals surface area contributed by atoms with Gasteiger partial charge in [-0.3, -0.25) is 0 Å². The van der Waals surface area contributed by atoms with Gasteiger partial charge in [-0.05, 0) is 12.7 Å². The van der Waals surface area contributed by atoms with Gasteiger partial charge in [-0.2, -0.15) is 24.4 Å². The largest absolute Gasteiger partial charge is 0.173 e. The monoisotopic (exact) mass is 164 g/mol. The molecule has 0 aliphatic carbocycles. The van der Waals surface area contributed by atoms with Gasteiger partial charge in [0.1, 0.15) is 0 Å². The van der Waals surface area contributed by atoms with Crippen molar-refractivity contribution in [3.63, 3.8) is 0 Å². The van der Waals surface area contributed by atoms with E-state index >= 15 is 0 Å². The lowest BCUT2D eigenvalue weighted by Gasteiger charge is -2.20. The predicted octanol–water partition coefficient (Wildman–Crippen LogP) is 2.84. The first-order valence-corrected chi connectivity index (χ1v) is 4.94. The molecule has 0 aliphatic rings. The van der Waals surface area contributed by atoms with Crippen molar-refractivity contribution >= 4 is 24.4 Å². The molecule has 0 rings (SSSR count). The quantitative estimate of drug-likeness (QED) is 0.626. The Morgan fingerprint density at radius 1 is 1.56 bits per heavy atom.